The number of benzene rings is 3. The summed E-state index contributed by atoms with van der Waals surface area (Å²) in [5, 5.41) is 14.5. The Morgan fingerprint density at radius 1 is 0.862 bits per heavy atom. The largest absolute Gasteiger partial charge is 0.492 e. The minimum Gasteiger partial charge on any atom is -0.492 e. The van der Waals surface area contributed by atoms with Crippen LogP contribution in [-0.4, -0.2) is 119 Å². The zero-order valence-corrected chi connectivity index (χ0v) is 32.5. The molecule has 3 aliphatic rings. The van der Waals surface area contributed by atoms with Crippen molar-refractivity contribution in [3.05, 3.63) is 87.7 Å². The predicted octanol–water partition coefficient (Wildman–Crippen LogP) is 4.65. The summed E-state index contributed by atoms with van der Waals surface area (Å²) in [7, 11) is 0. The molecule has 3 aromatic rings. The standard InChI is InChI=1S/C41H52N8O9/c42-39-32(46-53)9-10-33(40(39)47-54)43-15-21-56-24-23-55-20-14-36(50)44-16-22-57-31-8-4-7-30(25-31)38(28-5-2-1-3-6-28)29-11-17-48(18-12-29)41(52)49-19-13-35-34(26-49)45-37(51)27-58-35/h1-10,25,29,34-35,38,43H,11-24,26-27,42H2,(H,44,50)(H,45,51)/t34-,35?,38+/m1/s1. The van der Waals surface area contributed by atoms with Crippen molar-refractivity contribution in [1.82, 2.24) is 20.4 Å². The van der Waals surface area contributed by atoms with Crippen LogP contribution in [-0.2, 0) is 23.8 Å². The van der Waals surface area contributed by atoms with Crippen molar-refractivity contribution in [2.24, 2.45) is 16.3 Å². The third-order valence-electron chi connectivity index (χ3n) is 10.7. The summed E-state index contributed by atoms with van der Waals surface area (Å²) in [4.78, 5) is 63.5. The number of carbonyl (C=O) groups excluding carboxylic acids is 3. The fourth-order valence-electron chi connectivity index (χ4n) is 7.80. The summed E-state index contributed by atoms with van der Waals surface area (Å²) in [6.07, 6.45) is 2.58. The number of rotatable bonds is 19. The zero-order chi connectivity index (χ0) is 40.7. The molecule has 310 valence electrons. The highest BCUT2D eigenvalue weighted by Crippen LogP contribution is 2.40. The Kier molecular flexibility index (Phi) is 15.3. The first-order valence-corrected chi connectivity index (χ1v) is 19.8. The zero-order valence-electron chi connectivity index (χ0n) is 32.5. The molecular weight excluding hydrogens is 748 g/mol. The Balaban J connectivity index is 0.881. The number of anilines is 2. The highest BCUT2D eigenvalue weighted by molar-refractivity contribution is 5.86. The van der Waals surface area contributed by atoms with Gasteiger partial charge in [-0.15, -0.1) is 9.81 Å². The van der Waals surface area contributed by atoms with Gasteiger partial charge in [-0.05, 0) is 70.9 Å². The number of nitrogens with one attached hydrogen (secondary N) is 3. The number of amides is 4. The molecule has 17 heteroatoms. The number of fused-ring (bicyclic) bond motifs is 1. The number of hydrogen-bond donors (Lipinski definition) is 4. The molecule has 1 unspecified atom stereocenters. The first-order chi connectivity index (χ1) is 28.3. The fourth-order valence-corrected chi connectivity index (χ4v) is 7.80. The molecule has 6 rings (SSSR count). The van der Waals surface area contributed by atoms with Crippen LogP contribution in [0.5, 0.6) is 5.75 Å². The SMILES string of the molecule is Nc1c(N=O)ccc(NCCOCCOCCC(=O)NCCOc2cccc([C@@H](c3ccccc3)C3CCN(C(=O)N4CCC5OCC(=O)N[C@@H]5C4)CC3)c2)c1N=O. The minimum atomic E-state index is -0.161. The first-order valence-electron chi connectivity index (χ1n) is 19.8. The van der Waals surface area contributed by atoms with Crippen LogP contribution < -0.4 is 26.4 Å². The van der Waals surface area contributed by atoms with Crippen LogP contribution in [0.15, 0.2) is 77.1 Å². The van der Waals surface area contributed by atoms with Crippen LogP contribution in [0, 0.1) is 15.7 Å². The molecule has 4 amide bonds. The summed E-state index contributed by atoms with van der Waals surface area (Å²) in [5.74, 6) is 0.878. The molecule has 17 nitrogen and oxygen atoms in total. The molecule has 3 atom stereocenters. The van der Waals surface area contributed by atoms with Crippen LogP contribution in [0.4, 0.5) is 27.5 Å². The van der Waals surface area contributed by atoms with Crippen LogP contribution in [0.2, 0.25) is 0 Å². The van der Waals surface area contributed by atoms with Gasteiger partial charge in [0.15, 0.2) is 5.69 Å². The van der Waals surface area contributed by atoms with E-state index < -0.39 is 0 Å². The van der Waals surface area contributed by atoms with Crippen molar-refractivity contribution in [1.29, 1.82) is 0 Å². The Bertz CT molecular complexity index is 1860. The number of piperidine rings is 2. The lowest BCUT2D eigenvalue weighted by Crippen LogP contribution is -2.62. The van der Waals surface area contributed by atoms with Crippen LogP contribution in [0.25, 0.3) is 0 Å². The molecule has 3 saturated heterocycles. The summed E-state index contributed by atoms with van der Waals surface area (Å²) < 4.78 is 22.8. The van der Waals surface area contributed by atoms with Gasteiger partial charge in [-0.1, -0.05) is 42.5 Å². The van der Waals surface area contributed by atoms with E-state index in [-0.39, 0.29) is 72.6 Å². The third-order valence-corrected chi connectivity index (χ3v) is 10.7. The number of likely N-dealkylation sites (tertiary alicyclic amines) is 2. The Hall–Kier alpha value is -5.65. The molecule has 3 aromatic carbocycles. The second-order valence-electron chi connectivity index (χ2n) is 14.5. The highest BCUT2D eigenvalue weighted by Gasteiger charge is 2.39. The Labute approximate surface area is 337 Å². The number of nitrogens with two attached hydrogens (primary N) is 1. The van der Waals surface area contributed by atoms with Crippen LogP contribution in [0.1, 0.15) is 42.7 Å². The van der Waals surface area contributed by atoms with Crippen molar-refractivity contribution >= 4 is 40.6 Å². The molecular formula is C41H52N8O9. The number of nitrogen functional groups attached to an aromatic ring is 1. The maximum absolute atomic E-state index is 13.6. The maximum atomic E-state index is 13.6. The van der Waals surface area contributed by atoms with E-state index in [1.807, 2.05) is 28.0 Å². The first kappa shape index (κ1) is 42.0. The average molecular weight is 801 g/mol. The van der Waals surface area contributed by atoms with Gasteiger partial charge in [0, 0.05) is 45.1 Å². The van der Waals surface area contributed by atoms with Crippen molar-refractivity contribution in [3.8, 4) is 5.75 Å². The molecule has 0 aromatic heterocycles. The molecule has 0 spiro atoms. The molecule has 0 bridgehead atoms. The molecule has 0 saturated carbocycles. The van der Waals surface area contributed by atoms with Gasteiger partial charge >= 0.3 is 6.03 Å². The van der Waals surface area contributed by atoms with E-state index >= 15 is 0 Å². The van der Waals surface area contributed by atoms with E-state index in [9.17, 15) is 24.2 Å². The van der Waals surface area contributed by atoms with E-state index in [1.165, 1.54) is 17.7 Å². The Morgan fingerprint density at radius 2 is 1.62 bits per heavy atom. The molecule has 0 aliphatic carbocycles. The second kappa shape index (κ2) is 21.2. The molecule has 5 N–H and O–H groups in total. The number of urea groups is 1. The number of nitrogens with zero attached hydrogens (tertiary/aromatic N) is 4. The number of ether oxygens (including phenoxy) is 4. The quantitative estimate of drug-likeness (QED) is 0.0744. The smallest absolute Gasteiger partial charge is 0.320 e. The van der Waals surface area contributed by atoms with Crippen molar-refractivity contribution in [2.45, 2.75) is 43.7 Å². The lowest BCUT2D eigenvalue weighted by Gasteiger charge is -2.44. The van der Waals surface area contributed by atoms with Crippen molar-refractivity contribution in [2.75, 3.05) is 90.0 Å². The molecule has 3 heterocycles. The van der Waals surface area contributed by atoms with Gasteiger partial charge in [0.05, 0.1) is 56.5 Å². The normalized spacial score (nSPS) is 18.7. The van der Waals surface area contributed by atoms with E-state index in [1.54, 1.807) is 0 Å². The molecule has 0 radical (unpaired) electrons. The van der Waals surface area contributed by atoms with Crippen LogP contribution >= 0.6 is 0 Å². The highest BCUT2D eigenvalue weighted by atomic mass is 16.5. The van der Waals surface area contributed by atoms with E-state index in [2.05, 4.69) is 62.7 Å². The second-order valence-corrected chi connectivity index (χ2v) is 14.5. The number of hydrogen-bond acceptors (Lipinski definition) is 13. The van der Waals surface area contributed by atoms with E-state index in [0.717, 1.165) is 24.2 Å². The molecule has 3 fully saturated rings. The predicted molar refractivity (Wildman–Crippen MR) is 217 cm³/mol. The van der Waals surface area contributed by atoms with Gasteiger partial charge in [-0.3, -0.25) is 9.59 Å². The van der Waals surface area contributed by atoms with Crippen molar-refractivity contribution < 1.29 is 33.3 Å². The topological polar surface area (TPSA) is 216 Å². The van der Waals surface area contributed by atoms with Crippen molar-refractivity contribution in [3.63, 3.8) is 0 Å². The summed E-state index contributed by atoms with van der Waals surface area (Å²) in [6, 6.07) is 21.3. The monoisotopic (exact) mass is 800 g/mol. The van der Waals surface area contributed by atoms with Gasteiger partial charge in [-0.25, -0.2) is 4.79 Å². The lowest BCUT2D eigenvalue weighted by atomic mass is 9.76. The minimum absolute atomic E-state index is 0.0238. The third kappa shape index (κ3) is 11.3. The number of nitroso groups, excluding NO2 is 2. The van der Waals surface area contributed by atoms with Gasteiger partial charge < -0.3 is 50.4 Å². The van der Waals surface area contributed by atoms with Gasteiger partial charge in [0.25, 0.3) is 0 Å². The summed E-state index contributed by atoms with van der Waals surface area (Å²) in [5.41, 5.74) is 8.27. The molecule has 3 aliphatic heterocycles. The van der Waals surface area contributed by atoms with Gasteiger partial charge in [0.1, 0.15) is 24.7 Å². The fraction of sp³-hybridized carbons (Fsp3) is 0.488. The summed E-state index contributed by atoms with van der Waals surface area (Å²) in [6.45, 7) is 4.67. The van der Waals surface area contributed by atoms with Gasteiger partial charge in [0.2, 0.25) is 11.8 Å². The summed E-state index contributed by atoms with van der Waals surface area (Å²) >= 11 is 0. The van der Waals surface area contributed by atoms with E-state index in [0.29, 0.717) is 83.7 Å². The van der Waals surface area contributed by atoms with Gasteiger partial charge in [-0.2, -0.15) is 0 Å². The Morgan fingerprint density at radius 3 is 2.40 bits per heavy atom. The maximum Gasteiger partial charge on any atom is 0.320 e. The van der Waals surface area contributed by atoms with Crippen LogP contribution in [0.3, 0.4) is 0 Å². The molecule has 58 heavy (non-hydrogen) atoms. The van der Waals surface area contributed by atoms with E-state index in [4.69, 9.17) is 24.7 Å². The lowest BCUT2D eigenvalue weighted by molar-refractivity contribution is -0.139. The average Bonchev–Trinajstić information content (AvgIpc) is 3.25. The number of morpholine rings is 1. The number of carbonyl (C=O) groups is 3.